The van der Waals surface area contributed by atoms with Crippen molar-refractivity contribution in [3.05, 3.63) is 107 Å². The number of thioether (sulfide) groups is 1. The number of rotatable bonds is 9. The molecule has 0 aliphatic carbocycles. The number of thiazole rings is 1. The van der Waals surface area contributed by atoms with Gasteiger partial charge in [-0.15, -0.1) is 11.3 Å². The largest absolute Gasteiger partial charge is 0.456 e. The molecule has 0 spiro atoms. The molecule has 0 saturated carbocycles. The lowest BCUT2D eigenvalue weighted by Crippen LogP contribution is -2.13. The number of amides is 1. The standard InChI is InChI=1S/C32H22N6O4S3/c1-37-13-12-33-31(37)44-28-11-6-19(14-25(28)38(40)41)17-34-20-8-10-24-29(16-20)45-32(36-24)43-18-30(39)35-21-7-9-23-22-4-2-3-5-26(22)42-27(23)15-21/h2-17H,18H2,1H3,(H,35,39). The molecule has 0 atom stereocenters. The van der Waals surface area contributed by atoms with Gasteiger partial charge < -0.3 is 14.3 Å². The maximum absolute atomic E-state index is 12.7. The normalized spacial score (nSPS) is 11.7. The van der Waals surface area contributed by atoms with Crippen LogP contribution in [0.1, 0.15) is 5.56 Å². The number of benzene rings is 4. The first-order valence-corrected chi connectivity index (χ1v) is 16.2. The number of hydrogen-bond acceptors (Lipinski definition) is 10. The van der Waals surface area contributed by atoms with Gasteiger partial charge in [0, 0.05) is 54.2 Å². The number of imidazole rings is 1. The number of nitro benzene ring substituents is 1. The lowest BCUT2D eigenvalue weighted by atomic mass is 10.1. The molecule has 13 heteroatoms. The summed E-state index contributed by atoms with van der Waals surface area (Å²) in [7, 11) is 1.84. The number of aromatic nitrogens is 3. The maximum atomic E-state index is 12.7. The number of nitrogens with one attached hydrogen (secondary N) is 1. The number of para-hydroxylation sites is 1. The molecule has 1 amide bonds. The number of furan rings is 1. The molecule has 4 aromatic carbocycles. The van der Waals surface area contributed by atoms with Crippen molar-refractivity contribution < 1.29 is 14.1 Å². The van der Waals surface area contributed by atoms with E-state index in [2.05, 4.69) is 20.3 Å². The zero-order valence-corrected chi connectivity index (χ0v) is 26.0. The van der Waals surface area contributed by atoms with Crippen LogP contribution in [-0.4, -0.2) is 37.3 Å². The first-order valence-electron chi connectivity index (χ1n) is 13.6. The molecule has 7 aromatic rings. The Balaban J connectivity index is 1.00. The van der Waals surface area contributed by atoms with Gasteiger partial charge in [-0.25, -0.2) is 9.97 Å². The maximum Gasteiger partial charge on any atom is 0.283 e. The third-order valence-electron chi connectivity index (χ3n) is 6.86. The topological polar surface area (TPSA) is 128 Å². The highest BCUT2D eigenvalue weighted by atomic mass is 32.2. The third-order valence-corrected chi connectivity index (χ3v) is 10.2. The summed E-state index contributed by atoms with van der Waals surface area (Å²) in [6.45, 7) is 0. The average Bonchev–Trinajstić information content (AvgIpc) is 3.75. The minimum Gasteiger partial charge on any atom is -0.456 e. The number of carbonyl (C=O) groups excluding carboxylic acids is 1. The van der Waals surface area contributed by atoms with Crippen molar-refractivity contribution in [2.45, 2.75) is 14.4 Å². The van der Waals surface area contributed by atoms with Crippen LogP contribution in [0.25, 0.3) is 32.2 Å². The highest BCUT2D eigenvalue weighted by molar-refractivity contribution is 8.01. The van der Waals surface area contributed by atoms with Gasteiger partial charge in [0.05, 0.1) is 31.5 Å². The van der Waals surface area contributed by atoms with Crippen LogP contribution in [0, 0.1) is 10.1 Å². The number of carbonyl (C=O) groups is 1. The molecule has 0 unspecified atom stereocenters. The Morgan fingerprint density at radius 1 is 1.09 bits per heavy atom. The number of anilines is 1. The van der Waals surface area contributed by atoms with E-state index in [1.807, 2.05) is 72.3 Å². The Labute approximate surface area is 268 Å². The first-order chi connectivity index (χ1) is 21.9. The number of nitro groups is 1. The third kappa shape index (κ3) is 6.18. The van der Waals surface area contributed by atoms with Crippen molar-refractivity contribution in [2.75, 3.05) is 11.1 Å². The molecule has 3 aromatic heterocycles. The summed E-state index contributed by atoms with van der Waals surface area (Å²) in [4.78, 5) is 38.0. The molecule has 0 bridgehead atoms. The van der Waals surface area contributed by atoms with Crippen LogP contribution >= 0.6 is 34.9 Å². The number of hydrogen-bond donors (Lipinski definition) is 1. The molecule has 0 fully saturated rings. The number of aryl methyl sites for hydroxylation is 1. The van der Waals surface area contributed by atoms with Crippen LogP contribution < -0.4 is 5.32 Å². The van der Waals surface area contributed by atoms with Gasteiger partial charge in [-0.05, 0) is 59.8 Å². The van der Waals surface area contributed by atoms with Gasteiger partial charge >= 0.3 is 0 Å². The molecule has 3 heterocycles. The molecule has 0 saturated heterocycles. The summed E-state index contributed by atoms with van der Waals surface area (Å²) in [5.74, 6) is 0.0642. The Morgan fingerprint density at radius 2 is 1.96 bits per heavy atom. The summed E-state index contributed by atoms with van der Waals surface area (Å²) >= 11 is 4.08. The Bertz CT molecular complexity index is 2270. The van der Waals surface area contributed by atoms with E-state index in [1.165, 1.54) is 40.9 Å². The van der Waals surface area contributed by atoms with Gasteiger partial charge in [0.15, 0.2) is 9.50 Å². The van der Waals surface area contributed by atoms with Crippen molar-refractivity contribution in [1.29, 1.82) is 0 Å². The Kier molecular flexibility index (Phi) is 7.79. The Morgan fingerprint density at radius 3 is 2.80 bits per heavy atom. The second-order valence-corrected chi connectivity index (χ2v) is 13.2. The molecule has 0 radical (unpaired) electrons. The molecule has 0 aliphatic heterocycles. The lowest BCUT2D eigenvalue weighted by Gasteiger charge is -2.04. The van der Waals surface area contributed by atoms with E-state index in [0.29, 0.717) is 27.0 Å². The van der Waals surface area contributed by atoms with Crippen LogP contribution in [-0.2, 0) is 11.8 Å². The van der Waals surface area contributed by atoms with Crippen molar-refractivity contribution in [3.63, 3.8) is 0 Å². The first kappa shape index (κ1) is 28.8. The van der Waals surface area contributed by atoms with Crippen LogP contribution in [0.3, 0.4) is 0 Å². The monoisotopic (exact) mass is 650 g/mol. The van der Waals surface area contributed by atoms with E-state index in [1.54, 1.807) is 30.7 Å². The van der Waals surface area contributed by atoms with Gasteiger partial charge in [-0.3, -0.25) is 19.9 Å². The zero-order chi connectivity index (χ0) is 30.9. The predicted octanol–water partition coefficient (Wildman–Crippen LogP) is 8.47. The van der Waals surface area contributed by atoms with Gasteiger partial charge in [0.25, 0.3) is 5.69 Å². The van der Waals surface area contributed by atoms with Crippen LogP contribution in [0.4, 0.5) is 17.1 Å². The number of fused-ring (bicyclic) bond motifs is 4. The van der Waals surface area contributed by atoms with E-state index in [4.69, 9.17) is 4.42 Å². The van der Waals surface area contributed by atoms with Gasteiger partial charge in [0.2, 0.25) is 5.91 Å². The zero-order valence-electron chi connectivity index (χ0n) is 23.5. The van der Waals surface area contributed by atoms with Crippen molar-refractivity contribution in [3.8, 4) is 0 Å². The second-order valence-electron chi connectivity index (χ2n) is 9.94. The highest BCUT2D eigenvalue weighted by Gasteiger charge is 2.17. The van der Waals surface area contributed by atoms with Crippen molar-refractivity contribution in [2.24, 2.45) is 12.0 Å². The lowest BCUT2D eigenvalue weighted by molar-refractivity contribution is -0.387. The summed E-state index contributed by atoms with van der Waals surface area (Å²) in [5.41, 5.74) is 4.30. The predicted molar refractivity (Wildman–Crippen MR) is 180 cm³/mol. The quantitative estimate of drug-likeness (QED) is 0.0713. The molecule has 0 aliphatic rings. The summed E-state index contributed by atoms with van der Waals surface area (Å²) in [6.07, 6.45) is 5.05. The summed E-state index contributed by atoms with van der Waals surface area (Å²) in [5, 5.41) is 17.4. The second kappa shape index (κ2) is 12.2. The molecular formula is C32H22N6O4S3. The SMILES string of the molecule is Cn1ccnc1Sc1ccc(C=Nc2ccc3nc(SCC(=O)Nc4ccc5c(c4)oc4ccccc45)sc3c2)cc1[N+](=O)[O-]. The Hall–Kier alpha value is -4.98. The molecule has 1 N–H and O–H groups in total. The van der Waals surface area contributed by atoms with Crippen molar-refractivity contribution in [1.82, 2.24) is 14.5 Å². The molecular weight excluding hydrogens is 629 g/mol. The van der Waals surface area contributed by atoms with E-state index in [9.17, 15) is 14.9 Å². The smallest absolute Gasteiger partial charge is 0.283 e. The molecule has 10 nitrogen and oxygen atoms in total. The van der Waals surface area contributed by atoms with Gasteiger partial charge in [-0.2, -0.15) is 0 Å². The van der Waals surface area contributed by atoms with E-state index in [0.717, 1.165) is 36.5 Å². The fourth-order valence-electron chi connectivity index (χ4n) is 4.70. The van der Waals surface area contributed by atoms with Crippen LogP contribution in [0.5, 0.6) is 0 Å². The number of aliphatic imine (C=N–C) groups is 1. The summed E-state index contributed by atoms with van der Waals surface area (Å²) in [6, 6.07) is 24.2. The van der Waals surface area contributed by atoms with Gasteiger partial charge in [0.1, 0.15) is 11.2 Å². The minimum atomic E-state index is -0.398. The van der Waals surface area contributed by atoms with E-state index < -0.39 is 4.92 Å². The minimum absolute atomic E-state index is 0.00867. The van der Waals surface area contributed by atoms with E-state index >= 15 is 0 Å². The summed E-state index contributed by atoms with van der Waals surface area (Å²) < 4.78 is 9.43. The molecule has 7 rings (SSSR count). The van der Waals surface area contributed by atoms with Gasteiger partial charge in [-0.1, -0.05) is 36.0 Å². The van der Waals surface area contributed by atoms with Crippen molar-refractivity contribution >= 4 is 96.2 Å². The average molecular weight is 651 g/mol. The van der Waals surface area contributed by atoms with Crippen LogP contribution in [0.2, 0.25) is 0 Å². The fraction of sp³-hybridized carbons (Fsp3) is 0.0625. The fourth-order valence-corrected chi connectivity index (χ4v) is 7.49. The molecule has 222 valence electrons. The van der Waals surface area contributed by atoms with E-state index in [-0.39, 0.29) is 17.3 Å². The highest BCUT2D eigenvalue weighted by Crippen LogP contribution is 2.35. The molecule has 45 heavy (non-hydrogen) atoms. The number of nitrogens with zero attached hydrogens (tertiary/aromatic N) is 5. The van der Waals surface area contributed by atoms with Crippen LogP contribution in [0.15, 0.2) is 115 Å².